The SMILES string of the molecule is COc1ccc(NC(=O)CN2CCC(C)CC2)cc1OC. The zero-order valence-electron chi connectivity index (χ0n) is 13.0. The second-order valence-electron chi connectivity index (χ2n) is 5.58. The van der Waals surface area contributed by atoms with E-state index in [9.17, 15) is 4.79 Å². The van der Waals surface area contributed by atoms with Crippen molar-refractivity contribution in [2.75, 3.05) is 39.2 Å². The van der Waals surface area contributed by atoms with Crippen LogP contribution in [0.4, 0.5) is 5.69 Å². The van der Waals surface area contributed by atoms with Crippen molar-refractivity contribution in [3.8, 4) is 11.5 Å². The number of methoxy groups -OCH3 is 2. The average molecular weight is 292 g/mol. The molecule has 0 radical (unpaired) electrons. The Morgan fingerprint density at radius 1 is 1.24 bits per heavy atom. The van der Waals surface area contributed by atoms with Crippen LogP contribution in [-0.2, 0) is 4.79 Å². The van der Waals surface area contributed by atoms with Crippen molar-refractivity contribution in [3.63, 3.8) is 0 Å². The highest BCUT2D eigenvalue weighted by Crippen LogP contribution is 2.29. The maximum Gasteiger partial charge on any atom is 0.238 e. The monoisotopic (exact) mass is 292 g/mol. The molecule has 1 heterocycles. The lowest BCUT2D eigenvalue weighted by Gasteiger charge is -2.29. The number of benzene rings is 1. The van der Waals surface area contributed by atoms with Crippen molar-refractivity contribution in [1.82, 2.24) is 4.90 Å². The van der Waals surface area contributed by atoms with Gasteiger partial charge in [-0.2, -0.15) is 0 Å². The van der Waals surface area contributed by atoms with Crippen molar-refractivity contribution < 1.29 is 14.3 Å². The summed E-state index contributed by atoms with van der Waals surface area (Å²) in [7, 11) is 3.17. The van der Waals surface area contributed by atoms with Gasteiger partial charge in [0.05, 0.1) is 20.8 Å². The molecule has 0 saturated carbocycles. The van der Waals surface area contributed by atoms with Gasteiger partial charge in [0.15, 0.2) is 11.5 Å². The van der Waals surface area contributed by atoms with Gasteiger partial charge in [-0.3, -0.25) is 9.69 Å². The molecule has 5 heteroatoms. The summed E-state index contributed by atoms with van der Waals surface area (Å²) < 4.78 is 10.4. The number of nitrogens with one attached hydrogen (secondary N) is 1. The molecule has 0 spiro atoms. The lowest BCUT2D eigenvalue weighted by Crippen LogP contribution is -2.38. The van der Waals surface area contributed by atoms with E-state index in [1.54, 1.807) is 26.4 Å². The first-order chi connectivity index (χ1) is 10.1. The molecule has 2 rings (SSSR count). The Hall–Kier alpha value is -1.75. The van der Waals surface area contributed by atoms with Crippen LogP contribution in [0.2, 0.25) is 0 Å². The van der Waals surface area contributed by atoms with Crippen molar-refractivity contribution in [2.24, 2.45) is 5.92 Å². The third-order valence-electron chi connectivity index (χ3n) is 3.91. The molecule has 1 aromatic rings. The van der Waals surface area contributed by atoms with E-state index in [4.69, 9.17) is 9.47 Å². The van der Waals surface area contributed by atoms with Crippen LogP contribution >= 0.6 is 0 Å². The lowest BCUT2D eigenvalue weighted by molar-refractivity contribution is -0.117. The average Bonchev–Trinajstić information content (AvgIpc) is 2.49. The van der Waals surface area contributed by atoms with E-state index in [0.29, 0.717) is 18.0 Å². The molecule has 21 heavy (non-hydrogen) atoms. The van der Waals surface area contributed by atoms with Crippen LogP contribution in [0, 0.1) is 5.92 Å². The minimum Gasteiger partial charge on any atom is -0.493 e. The summed E-state index contributed by atoms with van der Waals surface area (Å²) in [6, 6.07) is 5.38. The fourth-order valence-corrected chi connectivity index (χ4v) is 2.54. The third-order valence-corrected chi connectivity index (χ3v) is 3.91. The number of likely N-dealkylation sites (tertiary alicyclic amines) is 1. The quantitative estimate of drug-likeness (QED) is 0.905. The van der Waals surface area contributed by atoms with E-state index < -0.39 is 0 Å². The predicted molar refractivity (Wildman–Crippen MR) is 83.0 cm³/mol. The maximum absolute atomic E-state index is 12.1. The van der Waals surface area contributed by atoms with Gasteiger partial charge < -0.3 is 14.8 Å². The predicted octanol–water partition coefficient (Wildman–Crippen LogP) is 2.37. The number of piperidine rings is 1. The molecule has 1 N–H and O–H groups in total. The van der Waals surface area contributed by atoms with Gasteiger partial charge in [0.2, 0.25) is 5.91 Å². The Labute approximate surface area is 126 Å². The zero-order valence-corrected chi connectivity index (χ0v) is 13.0. The first-order valence-corrected chi connectivity index (χ1v) is 7.36. The molecule has 0 aliphatic carbocycles. The van der Waals surface area contributed by atoms with Crippen molar-refractivity contribution in [2.45, 2.75) is 19.8 Å². The number of anilines is 1. The van der Waals surface area contributed by atoms with Crippen molar-refractivity contribution >= 4 is 11.6 Å². The topological polar surface area (TPSA) is 50.8 Å². The van der Waals surface area contributed by atoms with Crippen molar-refractivity contribution in [1.29, 1.82) is 0 Å². The number of ether oxygens (including phenoxy) is 2. The molecule has 1 saturated heterocycles. The van der Waals surface area contributed by atoms with E-state index in [1.807, 2.05) is 6.07 Å². The van der Waals surface area contributed by atoms with Crippen LogP contribution in [0.15, 0.2) is 18.2 Å². The summed E-state index contributed by atoms with van der Waals surface area (Å²) in [5.41, 5.74) is 0.725. The van der Waals surface area contributed by atoms with Gasteiger partial charge in [-0.15, -0.1) is 0 Å². The largest absolute Gasteiger partial charge is 0.493 e. The van der Waals surface area contributed by atoms with Crippen LogP contribution in [-0.4, -0.2) is 44.7 Å². The lowest BCUT2D eigenvalue weighted by atomic mass is 9.99. The summed E-state index contributed by atoms with van der Waals surface area (Å²) in [5, 5.41) is 2.91. The van der Waals surface area contributed by atoms with Crippen molar-refractivity contribution in [3.05, 3.63) is 18.2 Å². The molecule has 1 fully saturated rings. The number of amides is 1. The molecule has 1 aromatic carbocycles. The van der Waals surface area contributed by atoms with E-state index in [2.05, 4.69) is 17.1 Å². The molecule has 0 unspecified atom stereocenters. The standard InChI is InChI=1S/C16H24N2O3/c1-12-6-8-18(9-7-12)11-16(19)17-13-4-5-14(20-2)15(10-13)21-3/h4-5,10,12H,6-9,11H2,1-3H3,(H,17,19). The van der Waals surface area contributed by atoms with Gasteiger partial charge in [0.1, 0.15) is 0 Å². The highest BCUT2D eigenvalue weighted by Gasteiger charge is 2.18. The Bertz CT molecular complexity index is 482. The molecule has 5 nitrogen and oxygen atoms in total. The normalized spacial score (nSPS) is 16.5. The molecule has 0 aromatic heterocycles. The molecule has 0 bridgehead atoms. The Kier molecular flexibility index (Phi) is 5.44. The molecular formula is C16H24N2O3. The van der Waals surface area contributed by atoms with Gasteiger partial charge in [0.25, 0.3) is 0 Å². The zero-order chi connectivity index (χ0) is 15.2. The van der Waals surface area contributed by atoms with E-state index in [-0.39, 0.29) is 5.91 Å². The fourth-order valence-electron chi connectivity index (χ4n) is 2.54. The molecule has 1 aliphatic rings. The Morgan fingerprint density at radius 2 is 1.90 bits per heavy atom. The number of nitrogens with zero attached hydrogens (tertiary/aromatic N) is 1. The number of carbonyl (C=O) groups excluding carboxylic acids is 1. The van der Waals surface area contributed by atoms with Gasteiger partial charge in [0, 0.05) is 11.8 Å². The van der Waals surface area contributed by atoms with Crippen LogP contribution < -0.4 is 14.8 Å². The highest BCUT2D eigenvalue weighted by atomic mass is 16.5. The molecule has 1 amide bonds. The number of hydrogen-bond acceptors (Lipinski definition) is 4. The number of carbonyl (C=O) groups is 1. The van der Waals surface area contributed by atoms with E-state index in [0.717, 1.165) is 24.7 Å². The van der Waals surface area contributed by atoms with Gasteiger partial charge >= 0.3 is 0 Å². The molecule has 1 aliphatic heterocycles. The molecular weight excluding hydrogens is 268 g/mol. The van der Waals surface area contributed by atoms with Gasteiger partial charge in [-0.25, -0.2) is 0 Å². The fraction of sp³-hybridized carbons (Fsp3) is 0.562. The number of rotatable bonds is 5. The minimum absolute atomic E-state index is 0.0109. The summed E-state index contributed by atoms with van der Waals surface area (Å²) in [6.45, 7) is 4.71. The maximum atomic E-state index is 12.1. The first-order valence-electron chi connectivity index (χ1n) is 7.36. The van der Waals surface area contributed by atoms with E-state index in [1.165, 1.54) is 12.8 Å². The first kappa shape index (κ1) is 15.6. The Morgan fingerprint density at radius 3 is 2.52 bits per heavy atom. The summed E-state index contributed by atoms with van der Waals surface area (Å²) in [6.07, 6.45) is 2.34. The third kappa shape index (κ3) is 4.36. The second kappa shape index (κ2) is 7.31. The number of hydrogen-bond donors (Lipinski definition) is 1. The second-order valence-corrected chi connectivity index (χ2v) is 5.58. The molecule has 116 valence electrons. The van der Waals surface area contributed by atoms with Gasteiger partial charge in [-0.1, -0.05) is 6.92 Å². The highest BCUT2D eigenvalue weighted by molar-refractivity contribution is 5.92. The van der Waals surface area contributed by atoms with Crippen LogP contribution in [0.1, 0.15) is 19.8 Å². The van der Waals surface area contributed by atoms with Crippen LogP contribution in [0.3, 0.4) is 0 Å². The Balaban J connectivity index is 1.90. The molecule has 0 atom stereocenters. The smallest absolute Gasteiger partial charge is 0.238 e. The van der Waals surface area contributed by atoms with Crippen LogP contribution in [0.5, 0.6) is 11.5 Å². The minimum atomic E-state index is 0.0109. The summed E-state index contributed by atoms with van der Waals surface area (Å²) >= 11 is 0. The van der Waals surface area contributed by atoms with Gasteiger partial charge in [-0.05, 0) is 44.0 Å². The summed E-state index contributed by atoms with van der Waals surface area (Å²) in [5.74, 6) is 2.05. The summed E-state index contributed by atoms with van der Waals surface area (Å²) in [4.78, 5) is 14.3. The van der Waals surface area contributed by atoms with E-state index >= 15 is 0 Å². The van der Waals surface area contributed by atoms with Crippen LogP contribution in [0.25, 0.3) is 0 Å².